The summed E-state index contributed by atoms with van der Waals surface area (Å²) in [7, 11) is 0. The summed E-state index contributed by atoms with van der Waals surface area (Å²) in [6.07, 6.45) is 1.69. The number of hydrogen-bond donors (Lipinski definition) is 2. The molecule has 1 amide bonds. The van der Waals surface area contributed by atoms with Gasteiger partial charge in [0.05, 0.1) is 11.1 Å². The molecule has 0 saturated heterocycles. The zero-order valence-corrected chi connectivity index (χ0v) is 14.4. The summed E-state index contributed by atoms with van der Waals surface area (Å²) in [5.41, 5.74) is 3.78. The van der Waals surface area contributed by atoms with E-state index in [0.29, 0.717) is 22.6 Å². The zero-order valence-electron chi connectivity index (χ0n) is 13.6. The molecular weight excluding hydrogens is 334 g/mol. The van der Waals surface area contributed by atoms with Crippen molar-refractivity contribution >= 4 is 28.4 Å². The van der Waals surface area contributed by atoms with Crippen LogP contribution in [-0.4, -0.2) is 24.0 Å². The van der Waals surface area contributed by atoms with E-state index in [9.17, 15) is 4.79 Å². The van der Waals surface area contributed by atoms with Crippen LogP contribution in [0.1, 0.15) is 27.4 Å². The van der Waals surface area contributed by atoms with Gasteiger partial charge in [0.15, 0.2) is 0 Å². The fourth-order valence-corrected chi connectivity index (χ4v) is 3.63. The van der Waals surface area contributed by atoms with Crippen LogP contribution < -0.4 is 10.6 Å². The number of halogens is 1. The molecule has 4 nitrogen and oxygen atoms in total. The van der Waals surface area contributed by atoms with Crippen LogP contribution in [-0.2, 0) is 6.54 Å². The van der Waals surface area contributed by atoms with Gasteiger partial charge in [0.25, 0.3) is 5.91 Å². The Morgan fingerprint density at radius 2 is 2.12 bits per heavy atom. The van der Waals surface area contributed by atoms with Crippen LogP contribution in [0.15, 0.2) is 54.7 Å². The minimum Gasteiger partial charge on any atom is -0.351 e. The third-order valence-corrected chi connectivity index (χ3v) is 4.84. The quantitative estimate of drug-likeness (QED) is 0.759. The van der Waals surface area contributed by atoms with Crippen LogP contribution in [0, 0.1) is 0 Å². The van der Waals surface area contributed by atoms with Gasteiger partial charge in [0.1, 0.15) is 0 Å². The van der Waals surface area contributed by atoms with E-state index in [0.717, 1.165) is 18.5 Å². The number of carbonyl (C=O) groups is 1. The van der Waals surface area contributed by atoms with Gasteiger partial charge in [-0.1, -0.05) is 41.9 Å². The minimum absolute atomic E-state index is 0.144. The molecule has 1 aliphatic rings. The normalized spacial score (nSPS) is 16.4. The van der Waals surface area contributed by atoms with Crippen molar-refractivity contribution in [3.63, 3.8) is 0 Å². The highest BCUT2D eigenvalue weighted by Crippen LogP contribution is 2.24. The Labute approximate surface area is 151 Å². The lowest BCUT2D eigenvalue weighted by Gasteiger charge is -2.26. The maximum Gasteiger partial charge on any atom is 0.253 e. The number of benzene rings is 2. The van der Waals surface area contributed by atoms with Gasteiger partial charge in [0.2, 0.25) is 0 Å². The molecule has 5 heteroatoms. The first-order valence-corrected chi connectivity index (χ1v) is 8.71. The largest absolute Gasteiger partial charge is 0.351 e. The summed E-state index contributed by atoms with van der Waals surface area (Å²) in [4.78, 5) is 17.1. The second kappa shape index (κ2) is 6.82. The molecule has 1 aromatic heterocycles. The molecule has 0 spiro atoms. The number of carbonyl (C=O) groups excluding carboxylic acids is 1. The van der Waals surface area contributed by atoms with E-state index in [2.05, 4.69) is 27.8 Å². The Hall–Kier alpha value is -2.43. The zero-order chi connectivity index (χ0) is 17.2. The number of rotatable bonds is 3. The molecule has 3 aromatic rings. The molecule has 1 atom stereocenters. The van der Waals surface area contributed by atoms with Gasteiger partial charge >= 0.3 is 0 Å². The van der Waals surface area contributed by atoms with Gasteiger partial charge in [0, 0.05) is 42.2 Å². The highest BCUT2D eigenvalue weighted by Gasteiger charge is 2.21. The predicted octanol–water partition coefficient (Wildman–Crippen LogP) is 3.51. The van der Waals surface area contributed by atoms with Crippen molar-refractivity contribution < 1.29 is 4.79 Å². The van der Waals surface area contributed by atoms with E-state index in [-0.39, 0.29) is 11.8 Å². The van der Waals surface area contributed by atoms with E-state index < -0.39 is 0 Å². The van der Waals surface area contributed by atoms with Crippen molar-refractivity contribution in [3.8, 4) is 0 Å². The fraction of sp³-hybridized carbons (Fsp3) is 0.200. The van der Waals surface area contributed by atoms with Crippen molar-refractivity contribution in [2.45, 2.75) is 12.5 Å². The van der Waals surface area contributed by atoms with Gasteiger partial charge in [-0.2, -0.15) is 0 Å². The molecule has 2 N–H and O–H groups in total. The Bertz CT molecular complexity index is 941. The third kappa shape index (κ3) is 3.23. The van der Waals surface area contributed by atoms with Crippen molar-refractivity contribution in [3.05, 3.63) is 76.4 Å². The van der Waals surface area contributed by atoms with E-state index >= 15 is 0 Å². The molecule has 2 heterocycles. The van der Waals surface area contributed by atoms with Crippen molar-refractivity contribution in [1.29, 1.82) is 0 Å². The second-order valence-electron chi connectivity index (χ2n) is 6.27. The van der Waals surface area contributed by atoms with Crippen molar-refractivity contribution in [2.75, 3.05) is 13.1 Å². The average molecular weight is 352 g/mol. The van der Waals surface area contributed by atoms with E-state index in [4.69, 9.17) is 11.6 Å². The summed E-state index contributed by atoms with van der Waals surface area (Å²) >= 11 is 6.17. The van der Waals surface area contributed by atoms with Gasteiger partial charge in [-0.3, -0.25) is 9.78 Å². The molecule has 126 valence electrons. The van der Waals surface area contributed by atoms with Crippen LogP contribution in [0.2, 0.25) is 5.02 Å². The van der Waals surface area contributed by atoms with Crippen LogP contribution >= 0.6 is 11.6 Å². The number of fused-ring (bicyclic) bond motifs is 2. The molecule has 25 heavy (non-hydrogen) atoms. The van der Waals surface area contributed by atoms with Crippen molar-refractivity contribution in [2.24, 2.45) is 0 Å². The first-order chi connectivity index (χ1) is 12.2. The molecule has 0 fully saturated rings. The smallest absolute Gasteiger partial charge is 0.253 e. The first kappa shape index (κ1) is 16.1. The molecule has 1 aliphatic heterocycles. The summed E-state index contributed by atoms with van der Waals surface area (Å²) in [5, 5.41) is 7.86. The summed E-state index contributed by atoms with van der Waals surface area (Å²) < 4.78 is 0. The van der Waals surface area contributed by atoms with Gasteiger partial charge in [-0.15, -0.1) is 0 Å². The molecule has 0 radical (unpaired) electrons. The number of aromatic nitrogens is 1. The number of nitrogens with one attached hydrogen (secondary N) is 2. The number of amides is 1. The molecule has 0 bridgehead atoms. The van der Waals surface area contributed by atoms with E-state index in [1.54, 1.807) is 12.3 Å². The van der Waals surface area contributed by atoms with Crippen LogP contribution in [0.3, 0.4) is 0 Å². The molecule has 4 rings (SSSR count). The molecule has 0 saturated carbocycles. The maximum atomic E-state index is 12.7. The topological polar surface area (TPSA) is 54.0 Å². The fourth-order valence-electron chi connectivity index (χ4n) is 3.41. The standard InChI is InChI=1S/C20H18ClN3O/c21-16-8-13-5-3-7-23-19(13)18(9-16)20(25)24-12-15-11-22-10-14-4-1-2-6-17(14)15/h1-9,15,22H,10-12H2,(H,24,25). The van der Waals surface area contributed by atoms with E-state index in [1.165, 1.54) is 11.1 Å². The summed E-state index contributed by atoms with van der Waals surface area (Å²) in [6.45, 7) is 2.30. The number of pyridine rings is 1. The molecular formula is C20H18ClN3O. The summed E-state index contributed by atoms with van der Waals surface area (Å²) in [5.74, 6) is 0.113. The highest BCUT2D eigenvalue weighted by molar-refractivity contribution is 6.32. The lowest BCUT2D eigenvalue weighted by atomic mass is 9.91. The molecule has 0 aliphatic carbocycles. The first-order valence-electron chi connectivity index (χ1n) is 8.33. The Balaban J connectivity index is 1.56. The van der Waals surface area contributed by atoms with E-state index in [1.807, 2.05) is 30.3 Å². The van der Waals surface area contributed by atoms with Crippen LogP contribution in [0.25, 0.3) is 10.9 Å². The third-order valence-electron chi connectivity index (χ3n) is 4.62. The van der Waals surface area contributed by atoms with Crippen molar-refractivity contribution in [1.82, 2.24) is 15.6 Å². The van der Waals surface area contributed by atoms with Gasteiger partial charge in [-0.25, -0.2) is 0 Å². The molecule has 2 aromatic carbocycles. The highest BCUT2D eigenvalue weighted by atomic mass is 35.5. The summed E-state index contributed by atoms with van der Waals surface area (Å²) in [6, 6.07) is 15.6. The average Bonchev–Trinajstić information content (AvgIpc) is 2.65. The molecule has 1 unspecified atom stereocenters. The number of hydrogen-bond acceptors (Lipinski definition) is 3. The minimum atomic E-state index is -0.144. The SMILES string of the molecule is O=C(NCC1CNCc2ccccc21)c1cc(Cl)cc2cccnc12. The lowest BCUT2D eigenvalue weighted by Crippen LogP contribution is -2.36. The lowest BCUT2D eigenvalue weighted by molar-refractivity contribution is 0.0952. The Morgan fingerprint density at radius 3 is 3.04 bits per heavy atom. The van der Waals surface area contributed by atoms with Crippen LogP contribution in [0.5, 0.6) is 0 Å². The Kier molecular flexibility index (Phi) is 4.38. The van der Waals surface area contributed by atoms with Crippen LogP contribution in [0.4, 0.5) is 0 Å². The second-order valence-corrected chi connectivity index (χ2v) is 6.70. The van der Waals surface area contributed by atoms with Gasteiger partial charge in [-0.05, 0) is 29.3 Å². The predicted molar refractivity (Wildman–Crippen MR) is 100.0 cm³/mol. The maximum absolute atomic E-state index is 12.7. The monoisotopic (exact) mass is 351 g/mol. The number of nitrogens with zero attached hydrogens (tertiary/aromatic N) is 1. The Morgan fingerprint density at radius 1 is 1.24 bits per heavy atom. The van der Waals surface area contributed by atoms with Gasteiger partial charge < -0.3 is 10.6 Å².